The highest BCUT2D eigenvalue weighted by Gasteiger charge is 2.52. The Morgan fingerprint density at radius 1 is 1.13 bits per heavy atom. The predicted molar refractivity (Wildman–Crippen MR) is 74.1 cm³/mol. The zero-order valence-corrected chi connectivity index (χ0v) is 12.0. The van der Waals surface area contributed by atoms with Crippen molar-refractivity contribution in [1.82, 2.24) is 5.06 Å². The molecule has 23 heavy (non-hydrogen) atoms. The maximum atomic E-state index is 13.0. The van der Waals surface area contributed by atoms with Gasteiger partial charge in [-0.05, 0) is 18.2 Å². The molecule has 1 heterocycles. The van der Waals surface area contributed by atoms with E-state index in [-0.39, 0.29) is 16.7 Å². The number of alkyl halides is 3. The van der Waals surface area contributed by atoms with E-state index < -0.39 is 23.4 Å². The van der Waals surface area contributed by atoms with Crippen molar-refractivity contribution in [2.45, 2.75) is 11.9 Å². The molecule has 0 spiro atoms. The van der Waals surface area contributed by atoms with Gasteiger partial charge in [-0.1, -0.05) is 30.3 Å². The van der Waals surface area contributed by atoms with Gasteiger partial charge in [0, 0.05) is 11.1 Å². The van der Waals surface area contributed by atoms with Gasteiger partial charge in [-0.15, -0.1) is 0 Å². The molecule has 0 radical (unpaired) electrons. The maximum Gasteiger partial charge on any atom is 0.416 e. The second-order valence-corrected chi connectivity index (χ2v) is 5.08. The van der Waals surface area contributed by atoms with Crippen LogP contribution in [0.3, 0.4) is 0 Å². The number of benzene rings is 2. The molecule has 3 rings (SSSR count). The van der Waals surface area contributed by atoms with E-state index in [9.17, 15) is 23.1 Å². The number of carbonyl (C=O) groups excluding carboxylic acids is 1. The molecule has 1 aliphatic rings. The fourth-order valence-electron chi connectivity index (χ4n) is 2.72. The number of fused-ring (bicyclic) bond motifs is 1. The molecule has 7 heteroatoms. The van der Waals surface area contributed by atoms with Crippen LogP contribution >= 0.6 is 0 Å². The Morgan fingerprint density at radius 3 is 2.35 bits per heavy atom. The normalized spacial score (nSPS) is 20.7. The largest absolute Gasteiger partial charge is 0.416 e. The highest BCUT2D eigenvalue weighted by molar-refractivity contribution is 5.99. The molecule has 0 aliphatic carbocycles. The number of halogens is 3. The van der Waals surface area contributed by atoms with Crippen molar-refractivity contribution in [3.8, 4) is 0 Å². The molecule has 1 aliphatic heterocycles. The van der Waals surface area contributed by atoms with Crippen LogP contribution in [0.2, 0.25) is 0 Å². The van der Waals surface area contributed by atoms with Crippen LogP contribution in [0.15, 0.2) is 48.5 Å². The molecule has 4 nitrogen and oxygen atoms in total. The van der Waals surface area contributed by atoms with Crippen LogP contribution in [0.4, 0.5) is 13.2 Å². The summed E-state index contributed by atoms with van der Waals surface area (Å²) < 4.78 is 38.9. The Bertz CT molecular complexity index is 761. The predicted octanol–water partition coefficient (Wildman–Crippen LogP) is 2.92. The number of rotatable bonds is 2. The summed E-state index contributed by atoms with van der Waals surface area (Å²) >= 11 is 0. The van der Waals surface area contributed by atoms with Crippen LogP contribution in [-0.2, 0) is 16.7 Å². The van der Waals surface area contributed by atoms with Crippen molar-refractivity contribution < 1.29 is 27.9 Å². The van der Waals surface area contributed by atoms with Gasteiger partial charge >= 0.3 is 6.18 Å². The second-order valence-electron chi connectivity index (χ2n) is 5.08. The van der Waals surface area contributed by atoms with Crippen LogP contribution in [0.1, 0.15) is 27.0 Å². The second kappa shape index (κ2) is 5.07. The third-order valence-electron chi connectivity index (χ3n) is 3.79. The SMILES string of the molecule is CON1C(=O)c2ccc(C(F)(F)F)cc2C1(O)c1ccccc1. The molecule has 0 saturated carbocycles. The average Bonchev–Trinajstić information content (AvgIpc) is 2.76. The molecule has 0 saturated heterocycles. The first-order valence-corrected chi connectivity index (χ1v) is 6.68. The van der Waals surface area contributed by atoms with Crippen LogP contribution in [0, 0.1) is 0 Å². The van der Waals surface area contributed by atoms with E-state index in [1.165, 1.54) is 19.2 Å². The molecule has 0 bridgehead atoms. The van der Waals surface area contributed by atoms with Crippen molar-refractivity contribution in [2.75, 3.05) is 7.11 Å². The average molecular weight is 323 g/mol. The number of amides is 1. The lowest BCUT2D eigenvalue weighted by Crippen LogP contribution is -2.43. The highest BCUT2D eigenvalue weighted by Crippen LogP contribution is 2.44. The number of hydrogen-bond donors (Lipinski definition) is 1. The fraction of sp³-hybridized carbons (Fsp3) is 0.188. The minimum absolute atomic E-state index is 0.0359. The van der Waals surface area contributed by atoms with E-state index in [0.29, 0.717) is 5.06 Å². The first kappa shape index (κ1) is 15.5. The quantitative estimate of drug-likeness (QED) is 0.924. The van der Waals surface area contributed by atoms with Crippen LogP contribution in [-0.4, -0.2) is 23.2 Å². The molecular weight excluding hydrogens is 311 g/mol. The van der Waals surface area contributed by atoms with Gasteiger partial charge in [0.1, 0.15) is 0 Å². The summed E-state index contributed by atoms with van der Waals surface area (Å²) in [5.74, 6) is -0.706. The lowest BCUT2D eigenvalue weighted by Gasteiger charge is -2.32. The molecular formula is C16H12F3NO3. The fourth-order valence-corrected chi connectivity index (χ4v) is 2.72. The van der Waals surface area contributed by atoms with Gasteiger partial charge in [-0.25, -0.2) is 0 Å². The van der Waals surface area contributed by atoms with Gasteiger partial charge < -0.3 is 5.11 Å². The minimum Gasteiger partial charge on any atom is -0.361 e. The standard InChI is InChI=1S/C16H12F3NO3/c1-23-20-14(21)12-8-7-11(16(17,18)19)9-13(12)15(20,22)10-5-3-2-4-6-10/h2-9,22H,1H3. The number of hydroxylamine groups is 2. The molecule has 0 aromatic heterocycles. The lowest BCUT2D eigenvalue weighted by molar-refractivity contribution is -0.223. The first-order valence-electron chi connectivity index (χ1n) is 6.68. The van der Waals surface area contributed by atoms with E-state index >= 15 is 0 Å². The van der Waals surface area contributed by atoms with Gasteiger partial charge in [0.25, 0.3) is 5.91 Å². The van der Waals surface area contributed by atoms with Crippen molar-refractivity contribution in [2.24, 2.45) is 0 Å². The van der Waals surface area contributed by atoms with E-state index in [4.69, 9.17) is 4.84 Å². The van der Waals surface area contributed by atoms with Crippen molar-refractivity contribution in [3.63, 3.8) is 0 Å². The van der Waals surface area contributed by atoms with Crippen molar-refractivity contribution in [1.29, 1.82) is 0 Å². The highest BCUT2D eigenvalue weighted by atomic mass is 19.4. The molecule has 2 aromatic rings. The summed E-state index contributed by atoms with van der Waals surface area (Å²) in [4.78, 5) is 17.3. The number of hydrogen-bond acceptors (Lipinski definition) is 3. The Hall–Kier alpha value is -2.38. The van der Waals surface area contributed by atoms with Crippen LogP contribution < -0.4 is 0 Å². The molecule has 0 fully saturated rings. The first-order chi connectivity index (χ1) is 10.8. The van der Waals surface area contributed by atoms with Crippen molar-refractivity contribution in [3.05, 3.63) is 70.8 Å². The molecule has 1 unspecified atom stereocenters. The Kier molecular flexibility index (Phi) is 3.42. The number of nitrogens with zero attached hydrogens (tertiary/aromatic N) is 1. The Labute approximate surface area is 129 Å². The molecule has 1 atom stereocenters. The van der Waals surface area contributed by atoms with E-state index in [2.05, 4.69) is 0 Å². The summed E-state index contributed by atoms with van der Waals surface area (Å²) in [7, 11) is 1.17. The Morgan fingerprint density at radius 2 is 1.78 bits per heavy atom. The van der Waals surface area contributed by atoms with Gasteiger partial charge in [0.05, 0.1) is 18.2 Å². The minimum atomic E-state index is -4.59. The summed E-state index contributed by atoms with van der Waals surface area (Å²) in [5, 5.41) is 11.7. The van der Waals surface area contributed by atoms with Crippen LogP contribution in [0.5, 0.6) is 0 Å². The topological polar surface area (TPSA) is 49.8 Å². The molecule has 120 valence electrons. The van der Waals surface area contributed by atoms with Gasteiger partial charge in [-0.3, -0.25) is 9.63 Å². The van der Waals surface area contributed by atoms with E-state index in [1.54, 1.807) is 18.2 Å². The zero-order chi connectivity index (χ0) is 16.8. The number of aliphatic hydroxyl groups is 1. The molecule has 2 aromatic carbocycles. The molecule has 1 N–H and O–H groups in total. The summed E-state index contributed by atoms with van der Waals surface area (Å²) in [6, 6.07) is 10.6. The number of carbonyl (C=O) groups is 1. The lowest BCUT2D eigenvalue weighted by atomic mass is 9.93. The zero-order valence-electron chi connectivity index (χ0n) is 12.0. The molecule has 1 amide bonds. The van der Waals surface area contributed by atoms with E-state index in [0.717, 1.165) is 18.2 Å². The van der Waals surface area contributed by atoms with E-state index in [1.807, 2.05) is 0 Å². The van der Waals surface area contributed by atoms with Crippen molar-refractivity contribution >= 4 is 5.91 Å². The summed E-state index contributed by atoms with van der Waals surface area (Å²) in [6.45, 7) is 0. The van der Waals surface area contributed by atoms with Gasteiger partial charge in [0.2, 0.25) is 5.72 Å². The Balaban J connectivity index is 2.27. The monoisotopic (exact) mass is 323 g/mol. The third-order valence-corrected chi connectivity index (χ3v) is 3.79. The maximum absolute atomic E-state index is 13.0. The smallest absolute Gasteiger partial charge is 0.361 e. The van der Waals surface area contributed by atoms with Crippen LogP contribution in [0.25, 0.3) is 0 Å². The van der Waals surface area contributed by atoms with Gasteiger partial charge in [0.15, 0.2) is 0 Å². The summed E-state index contributed by atoms with van der Waals surface area (Å²) in [5.41, 5.74) is -3.04. The summed E-state index contributed by atoms with van der Waals surface area (Å²) in [6.07, 6.45) is -4.59. The third kappa shape index (κ3) is 2.20. The van der Waals surface area contributed by atoms with Gasteiger partial charge in [-0.2, -0.15) is 18.2 Å².